The third kappa shape index (κ3) is 3.86. The highest BCUT2D eigenvalue weighted by atomic mass is 32.2. The van der Waals surface area contributed by atoms with Crippen molar-refractivity contribution < 1.29 is 17.6 Å². The minimum atomic E-state index is -3.54. The smallest absolute Gasteiger partial charge is 0.236 e. The summed E-state index contributed by atoms with van der Waals surface area (Å²) in [7, 11) is -3.54. The first-order chi connectivity index (χ1) is 12.3. The largest absolute Gasteiger partial charge is 0.440 e. The number of nitrogens with zero attached hydrogens (tertiary/aromatic N) is 2. The molecule has 0 fully saturated rings. The molecule has 0 atom stereocenters. The molecule has 0 saturated heterocycles. The molecule has 0 bridgehead atoms. The zero-order valence-corrected chi connectivity index (χ0v) is 16.2. The molecule has 0 N–H and O–H groups in total. The van der Waals surface area contributed by atoms with E-state index in [9.17, 15) is 13.2 Å². The molecule has 0 unspecified atom stereocenters. The second-order valence-electron chi connectivity index (χ2n) is 5.87. The van der Waals surface area contributed by atoms with E-state index in [0.717, 1.165) is 11.1 Å². The van der Waals surface area contributed by atoms with Crippen molar-refractivity contribution in [1.82, 2.24) is 4.98 Å². The van der Waals surface area contributed by atoms with E-state index >= 15 is 0 Å². The summed E-state index contributed by atoms with van der Waals surface area (Å²) in [5.74, 6) is 0.977. The van der Waals surface area contributed by atoms with Crippen LogP contribution in [-0.4, -0.2) is 25.4 Å². The van der Waals surface area contributed by atoms with Gasteiger partial charge < -0.3 is 4.42 Å². The number of Topliss-reactive ketones (excluding diaryl/α,β-unsaturated/α-hetero) is 1. The van der Waals surface area contributed by atoms with Gasteiger partial charge in [0.05, 0.1) is 23.4 Å². The van der Waals surface area contributed by atoms with Crippen LogP contribution in [0.25, 0.3) is 10.8 Å². The summed E-state index contributed by atoms with van der Waals surface area (Å²) in [6, 6.07) is 10.3. The predicted octanol–water partition coefficient (Wildman–Crippen LogP) is 3.88. The molecule has 2 heterocycles. The van der Waals surface area contributed by atoms with Crippen LogP contribution in [0.1, 0.15) is 28.7 Å². The molecule has 0 aliphatic heterocycles. The third-order valence-electron chi connectivity index (χ3n) is 3.88. The molecule has 3 rings (SSSR count). The molecule has 0 aliphatic carbocycles. The molecule has 2 aromatic heterocycles. The van der Waals surface area contributed by atoms with Gasteiger partial charge in [-0.1, -0.05) is 6.07 Å². The first-order valence-corrected chi connectivity index (χ1v) is 10.6. The molecular formula is C18H18N2O4S2. The second kappa shape index (κ2) is 7.05. The molecule has 0 radical (unpaired) electrons. The lowest BCUT2D eigenvalue weighted by Crippen LogP contribution is -2.29. The van der Waals surface area contributed by atoms with E-state index in [0.29, 0.717) is 28.6 Å². The van der Waals surface area contributed by atoms with Crippen LogP contribution in [0.4, 0.5) is 5.69 Å². The Hall–Kier alpha value is -2.45. The van der Waals surface area contributed by atoms with Crippen molar-refractivity contribution in [2.24, 2.45) is 0 Å². The highest BCUT2D eigenvalue weighted by Crippen LogP contribution is 2.28. The van der Waals surface area contributed by atoms with Crippen molar-refractivity contribution in [3.8, 4) is 10.8 Å². The van der Waals surface area contributed by atoms with E-state index in [4.69, 9.17) is 4.42 Å². The number of benzene rings is 1. The number of aryl methyl sites for hydroxylation is 1. The molecule has 6 nitrogen and oxygen atoms in total. The minimum absolute atomic E-state index is 0.0545. The maximum absolute atomic E-state index is 12.3. The van der Waals surface area contributed by atoms with Gasteiger partial charge in [-0.15, -0.1) is 11.3 Å². The Labute approximate surface area is 156 Å². The van der Waals surface area contributed by atoms with Gasteiger partial charge in [0.1, 0.15) is 11.5 Å². The van der Waals surface area contributed by atoms with Crippen molar-refractivity contribution in [3.63, 3.8) is 0 Å². The molecule has 0 spiro atoms. The second-order valence-corrected chi connectivity index (χ2v) is 8.73. The third-order valence-corrected chi connectivity index (χ3v) is 5.88. The molecular weight excluding hydrogens is 372 g/mol. The van der Waals surface area contributed by atoms with Gasteiger partial charge in [-0.05, 0) is 49.6 Å². The zero-order valence-electron chi connectivity index (χ0n) is 14.6. The van der Waals surface area contributed by atoms with E-state index in [1.807, 2.05) is 17.5 Å². The first kappa shape index (κ1) is 18.3. The lowest BCUT2D eigenvalue weighted by molar-refractivity contribution is 0.101. The number of hydrogen-bond donors (Lipinski definition) is 0. The zero-order chi connectivity index (χ0) is 18.9. The van der Waals surface area contributed by atoms with E-state index < -0.39 is 10.0 Å². The van der Waals surface area contributed by atoms with Crippen molar-refractivity contribution in [3.05, 3.63) is 58.8 Å². The monoisotopic (exact) mass is 390 g/mol. The highest BCUT2D eigenvalue weighted by Gasteiger charge is 2.22. The first-order valence-electron chi connectivity index (χ1n) is 7.84. The van der Waals surface area contributed by atoms with Gasteiger partial charge in [-0.25, -0.2) is 13.4 Å². The highest BCUT2D eigenvalue weighted by molar-refractivity contribution is 7.92. The SMILES string of the molecule is CC(=O)c1ccc(N(Cc2nc(-c3cccs3)oc2C)S(C)(=O)=O)cc1. The Morgan fingerprint density at radius 3 is 2.46 bits per heavy atom. The summed E-state index contributed by atoms with van der Waals surface area (Å²) in [6.45, 7) is 3.28. The molecule has 0 saturated carbocycles. The predicted molar refractivity (Wildman–Crippen MR) is 102 cm³/mol. The molecule has 8 heteroatoms. The fourth-order valence-electron chi connectivity index (χ4n) is 2.48. The van der Waals surface area contributed by atoms with Gasteiger partial charge >= 0.3 is 0 Å². The van der Waals surface area contributed by atoms with Crippen LogP contribution in [0.15, 0.2) is 46.2 Å². The van der Waals surface area contributed by atoms with Crippen LogP contribution in [-0.2, 0) is 16.6 Å². The standard InChI is InChI=1S/C18H18N2O4S2/c1-12(21)14-6-8-15(9-7-14)20(26(3,22)23)11-16-13(2)24-18(19-16)17-5-4-10-25-17/h4-10H,11H2,1-3H3. The van der Waals surface area contributed by atoms with E-state index in [1.54, 1.807) is 31.2 Å². The molecule has 26 heavy (non-hydrogen) atoms. The molecule has 0 amide bonds. The van der Waals surface area contributed by atoms with Crippen LogP contribution in [0.5, 0.6) is 0 Å². The van der Waals surface area contributed by atoms with Gasteiger partial charge in [0, 0.05) is 5.56 Å². The number of aromatic nitrogens is 1. The van der Waals surface area contributed by atoms with Crippen LogP contribution < -0.4 is 4.31 Å². The van der Waals surface area contributed by atoms with Crippen molar-refractivity contribution in [1.29, 1.82) is 0 Å². The summed E-state index contributed by atoms with van der Waals surface area (Å²) in [6.07, 6.45) is 1.14. The quantitative estimate of drug-likeness (QED) is 0.597. The van der Waals surface area contributed by atoms with Gasteiger partial charge in [-0.2, -0.15) is 0 Å². The Balaban J connectivity index is 1.94. The number of carbonyl (C=O) groups is 1. The van der Waals surface area contributed by atoms with E-state index in [1.165, 1.54) is 22.6 Å². The number of oxazole rings is 1. The Morgan fingerprint density at radius 2 is 1.92 bits per heavy atom. The van der Waals surface area contributed by atoms with Crippen LogP contribution in [0.2, 0.25) is 0 Å². The maximum atomic E-state index is 12.3. The Bertz CT molecular complexity index is 1020. The molecule has 136 valence electrons. The van der Waals surface area contributed by atoms with Crippen LogP contribution >= 0.6 is 11.3 Å². The topological polar surface area (TPSA) is 80.5 Å². The van der Waals surface area contributed by atoms with Gasteiger partial charge in [0.2, 0.25) is 15.9 Å². The maximum Gasteiger partial charge on any atom is 0.236 e. The number of thiophene rings is 1. The van der Waals surface area contributed by atoms with Crippen molar-refractivity contribution in [2.45, 2.75) is 20.4 Å². The van der Waals surface area contributed by atoms with Gasteiger partial charge in [0.25, 0.3) is 0 Å². The molecule has 3 aromatic rings. The van der Waals surface area contributed by atoms with Gasteiger partial charge in [0.15, 0.2) is 5.78 Å². The number of anilines is 1. The van der Waals surface area contributed by atoms with Crippen molar-refractivity contribution >= 4 is 32.8 Å². The van der Waals surface area contributed by atoms with E-state index in [-0.39, 0.29) is 12.3 Å². The molecule has 1 aromatic carbocycles. The fourth-order valence-corrected chi connectivity index (χ4v) is 3.99. The lowest BCUT2D eigenvalue weighted by Gasteiger charge is -2.21. The van der Waals surface area contributed by atoms with Gasteiger partial charge in [-0.3, -0.25) is 9.10 Å². The number of sulfonamides is 1. The number of hydrogen-bond acceptors (Lipinski definition) is 6. The van der Waals surface area contributed by atoms with E-state index in [2.05, 4.69) is 4.98 Å². The Kier molecular flexibility index (Phi) is 4.97. The number of rotatable bonds is 6. The summed E-state index contributed by atoms with van der Waals surface area (Å²) in [5.41, 5.74) is 1.55. The average molecular weight is 390 g/mol. The minimum Gasteiger partial charge on any atom is -0.440 e. The summed E-state index contributed by atoms with van der Waals surface area (Å²) in [5, 5.41) is 1.92. The Morgan fingerprint density at radius 1 is 1.23 bits per heavy atom. The van der Waals surface area contributed by atoms with Crippen LogP contribution in [0.3, 0.4) is 0 Å². The number of ketones is 1. The lowest BCUT2D eigenvalue weighted by atomic mass is 10.1. The van der Waals surface area contributed by atoms with Crippen molar-refractivity contribution in [2.75, 3.05) is 10.6 Å². The number of carbonyl (C=O) groups excluding carboxylic acids is 1. The molecule has 0 aliphatic rings. The normalized spacial score (nSPS) is 11.5. The fraction of sp³-hybridized carbons (Fsp3) is 0.222. The summed E-state index contributed by atoms with van der Waals surface area (Å²) >= 11 is 1.50. The van der Waals surface area contributed by atoms with Crippen LogP contribution in [0, 0.1) is 6.92 Å². The summed E-state index contributed by atoms with van der Waals surface area (Å²) < 4.78 is 31.6. The average Bonchev–Trinajstić information content (AvgIpc) is 3.21. The summed E-state index contributed by atoms with van der Waals surface area (Å²) in [4.78, 5) is 16.8.